The maximum Gasteiger partial charge on any atom is 0.179 e. The minimum absolute atomic E-state index is 0.227. The molecule has 1 atom stereocenters. The highest BCUT2D eigenvalue weighted by molar-refractivity contribution is 6.54. The van der Waals surface area contributed by atoms with Crippen molar-refractivity contribution in [3.63, 3.8) is 0 Å². The summed E-state index contributed by atoms with van der Waals surface area (Å²) in [5.41, 5.74) is 0. The monoisotopic (exact) mass is 162 g/mol. The van der Waals surface area contributed by atoms with Gasteiger partial charge >= 0.3 is 0 Å². The average Bonchev–Trinajstić information content (AvgIpc) is 1.88. The van der Waals surface area contributed by atoms with Gasteiger partial charge in [-0.05, 0) is 6.04 Å². The summed E-state index contributed by atoms with van der Waals surface area (Å²) >= 11 is 0. The molecular formula is C6H14O3Si. The second-order valence-electron chi connectivity index (χ2n) is 2.34. The van der Waals surface area contributed by atoms with Crippen LogP contribution in [0.5, 0.6) is 0 Å². The summed E-state index contributed by atoms with van der Waals surface area (Å²) < 4.78 is 0. The number of ketones is 1. The van der Waals surface area contributed by atoms with E-state index in [0.717, 1.165) is 12.5 Å². The summed E-state index contributed by atoms with van der Waals surface area (Å²) in [7, 11) is -1.79. The zero-order chi connectivity index (χ0) is 7.98. The largest absolute Gasteiger partial charge is 0.434 e. The van der Waals surface area contributed by atoms with E-state index in [4.69, 9.17) is 9.90 Å². The third kappa shape index (κ3) is 4.66. The van der Waals surface area contributed by atoms with Crippen LogP contribution in [0, 0.1) is 0 Å². The van der Waals surface area contributed by atoms with Crippen molar-refractivity contribution in [2.75, 3.05) is 6.61 Å². The maximum absolute atomic E-state index is 10.5. The first-order valence-electron chi connectivity index (χ1n) is 3.51. The Morgan fingerprint density at radius 3 is 2.60 bits per heavy atom. The Labute approximate surface area is 62.4 Å². The molecule has 0 amide bonds. The summed E-state index contributed by atoms with van der Waals surface area (Å²) in [6.45, 7) is 1.55. The van der Waals surface area contributed by atoms with Gasteiger partial charge in [0.05, 0.1) is 0 Å². The first kappa shape index (κ1) is 9.81. The van der Waals surface area contributed by atoms with E-state index in [1.54, 1.807) is 0 Å². The SMILES string of the molecule is CCC[SiH](O)CC(=O)CO. The zero-order valence-electron chi connectivity index (χ0n) is 6.21. The Morgan fingerprint density at radius 1 is 1.60 bits per heavy atom. The van der Waals surface area contributed by atoms with Crippen molar-refractivity contribution in [2.24, 2.45) is 0 Å². The van der Waals surface area contributed by atoms with Gasteiger partial charge in [-0.1, -0.05) is 13.3 Å². The molecule has 0 spiro atoms. The fourth-order valence-corrected chi connectivity index (χ4v) is 2.29. The summed E-state index contributed by atoms with van der Waals surface area (Å²) in [6, 6.07) is 0.996. The number of hydrogen-bond donors (Lipinski definition) is 2. The summed E-state index contributed by atoms with van der Waals surface area (Å²) in [5.74, 6) is -0.229. The highest BCUT2D eigenvalue weighted by atomic mass is 28.3. The molecule has 60 valence electrons. The van der Waals surface area contributed by atoms with E-state index in [-0.39, 0.29) is 11.8 Å². The van der Waals surface area contributed by atoms with Crippen LogP contribution in [0.15, 0.2) is 0 Å². The lowest BCUT2D eigenvalue weighted by Crippen LogP contribution is -2.18. The van der Waals surface area contributed by atoms with Crippen molar-refractivity contribution in [1.82, 2.24) is 0 Å². The van der Waals surface area contributed by atoms with Gasteiger partial charge in [-0.2, -0.15) is 0 Å². The van der Waals surface area contributed by atoms with Gasteiger partial charge in [0, 0.05) is 6.04 Å². The molecule has 0 aliphatic carbocycles. The first-order chi connectivity index (χ1) is 4.70. The van der Waals surface area contributed by atoms with Crippen molar-refractivity contribution < 1.29 is 14.7 Å². The molecule has 3 nitrogen and oxygen atoms in total. The molecule has 0 fully saturated rings. The molecule has 0 rings (SSSR count). The molecule has 0 saturated heterocycles. The first-order valence-corrected chi connectivity index (χ1v) is 5.66. The molecule has 0 bridgehead atoms. The molecule has 0 aromatic carbocycles. The van der Waals surface area contributed by atoms with Gasteiger partial charge in [0.25, 0.3) is 0 Å². The van der Waals surface area contributed by atoms with Gasteiger partial charge in [-0.25, -0.2) is 0 Å². The van der Waals surface area contributed by atoms with Crippen LogP contribution in [-0.4, -0.2) is 31.3 Å². The second kappa shape index (κ2) is 5.58. The van der Waals surface area contributed by atoms with E-state index < -0.39 is 15.6 Å². The van der Waals surface area contributed by atoms with Crippen molar-refractivity contribution in [2.45, 2.75) is 25.4 Å². The van der Waals surface area contributed by atoms with Crippen molar-refractivity contribution >= 4 is 14.8 Å². The molecule has 0 aromatic heterocycles. The molecule has 0 saturated carbocycles. The van der Waals surface area contributed by atoms with Crippen LogP contribution in [0.3, 0.4) is 0 Å². The fourth-order valence-electron chi connectivity index (χ4n) is 0.763. The number of rotatable bonds is 5. The zero-order valence-corrected chi connectivity index (χ0v) is 7.36. The highest BCUT2D eigenvalue weighted by Crippen LogP contribution is 1.99. The normalized spacial score (nSPS) is 13.1. The fraction of sp³-hybridized carbons (Fsp3) is 0.833. The van der Waals surface area contributed by atoms with Crippen LogP contribution in [0.4, 0.5) is 0 Å². The number of Topliss-reactive ketones (excluding diaryl/α,β-unsaturated/α-hetero) is 1. The van der Waals surface area contributed by atoms with Gasteiger partial charge in [-0.3, -0.25) is 4.79 Å². The maximum atomic E-state index is 10.5. The average molecular weight is 162 g/mol. The molecule has 2 N–H and O–H groups in total. The van der Waals surface area contributed by atoms with Crippen LogP contribution in [0.25, 0.3) is 0 Å². The van der Waals surface area contributed by atoms with Crippen molar-refractivity contribution in [3.8, 4) is 0 Å². The standard InChI is InChI=1S/C6H14O3Si/c1-2-3-10(9)5-6(8)4-7/h7,9-10H,2-5H2,1H3. The van der Waals surface area contributed by atoms with Crippen LogP contribution < -0.4 is 0 Å². The van der Waals surface area contributed by atoms with Crippen LogP contribution in [0.1, 0.15) is 13.3 Å². The Balaban J connectivity index is 3.37. The summed E-state index contributed by atoms with van der Waals surface area (Å²) in [5, 5.41) is 8.31. The van der Waals surface area contributed by atoms with Gasteiger partial charge in [0.1, 0.15) is 6.61 Å². The van der Waals surface area contributed by atoms with E-state index in [2.05, 4.69) is 0 Å². The van der Waals surface area contributed by atoms with Crippen molar-refractivity contribution in [1.29, 1.82) is 0 Å². The Bertz CT molecular complexity index is 105. The van der Waals surface area contributed by atoms with Crippen molar-refractivity contribution in [3.05, 3.63) is 0 Å². The lowest BCUT2D eigenvalue weighted by Gasteiger charge is -2.02. The van der Waals surface area contributed by atoms with E-state index in [1.165, 1.54) is 0 Å². The predicted molar refractivity (Wildman–Crippen MR) is 41.4 cm³/mol. The van der Waals surface area contributed by atoms with Gasteiger partial charge in [0.2, 0.25) is 0 Å². The summed E-state index contributed by atoms with van der Waals surface area (Å²) in [4.78, 5) is 19.7. The highest BCUT2D eigenvalue weighted by Gasteiger charge is 2.10. The van der Waals surface area contributed by atoms with E-state index in [0.29, 0.717) is 0 Å². The second-order valence-corrected chi connectivity index (χ2v) is 4.64. The molecule has 0 aliphatic rings. The Morgan fingerprint density at radius 2 is 2.20 bits per heavy atom. The molecule has 0 radical (unpaired) electrons. The molecule has 0 aromatic rings. The number of carbonyl (C=O) groups excluding carboxylic acids is 1. The molecular weight excluding hydrogens is 148 g/mol. The third-order valence-electron chi connectivity index (χ3n) is 1.26. The summed E-state index contributed by atoms with van der Waals surface area (Å²) in [6.07, 6.45) is 0.923. The lowest BCUT2D eigenvalue weighted by atomic mass is 10.5. The minimum atomic E-state index is -1.79. The molecule has 0 heterocycles. The number of aliphatic hydroxyl groups excluding tert-OH is 1. The van der Waals surface area contributed by atoms with E-state index in [9.17, 15) is 4.79 Å². The Kier molecular flexibility index (Phi) is 5.47. The third-order valence-corrected chi connectivity index (χ3v) is 3.43. The number of carbonyl (C=O) groups is 1. The predicted octanol–water partition coefficient (Wildman–Crippen LogP) is -0.326. The topological polar surface area (TPSA) is 57.5 Å². The van der Waals surface area contributed by atoms with Crippen LogP contribution in [-0.2, 0) is 4.79 Å². The van der Waals surface area contributed by atoms with Gasteiger partial charge in [-0.15, -0.1) is 0 Å². The van der Waals surface area contributed by atoms with Crippen LogP contribution >= 0.6 is 0 Å². The molecule has 0 aliphatic heterocycles. The lowest BCUT2D eigenvalue weighted by molar-refractivity contribution is -0.119. The number of aliphatic hydroxyl groups is 1. The van der Waals surface area contributed by atoms with Gasteiger partial charge < -0.3 is 9.90 Å². The number of hydrogen-bond acceptors (Lipinski definition) is 3. The molecule has 4 heteroatoms. The quantitative estimate of drug-likeness (QED) is 0.544. The minimum Gasteiger partial charge on any atom is -0.434 e. The van der Waals surface area contributed by atoms with E-state index in [1.807, 2.05) is 6.92 Å². The molecule has 1 unspecified atom stereocenters. The van der Waals surface area contributed by atoms with Gasteiger partial charge in [0.15, 0.2) is 14.8 Å². The smallest absolute Gasteiger partial charge is 0.179 e. The van der Waals surface area contributed by atoms with Crippen LogP contribution in [0.2, 0.25) is 12.1 Å². The van der Waals surface area contributed by atoms with E-state index >= 15 is 0 Å². The molecule has 10 heavy (non-hydrogen) atoms. The Hall–Kier alpha value is -0.193.